The molecule has 2 aromatic carbocycles. The fraction of sp³-hybridized carbons (Fsp3) is 0.263. The Hall–Kier alpha value is -2.06. The molecule has 0 amide bonds. The van der Waals surface area contributed by atoms with E-state index in [9.17, 15) is 0 Å². The van der Waals surface area contributed by atoms with Crippen molar-refractivity contribution in [2.45, 2.75) is 31.8 Å². The van der Waals surface area contributed by atoms with E-state index in [0.717, 1.165) is 19.4 Å². The lowest BCUT2D eigenvalue weighted by molar-refractivity contribution is 0.457. The van der Waals surface area contributed by atoms with Crippen molar-refractivity contribution in [2.75, 3.05) is 0 Å². The smallest absolute Gasteiger partial charge is 0.0458 e. The highest BCUT2D eigenvalue weighted by atomic mass is 14.9. The van der Waals surface area contributed by atoms with Crippen molar-refractivity contribution in [1.82, 2.24) is 10.3 Å². The number of rotatable bonds is 3. The summed E-state index contributed by atoms with van der Waals surface area (Å²) < 4.78 is 0. The average Bonchev–Trinajstić information content (AvgIpc) is 2.92. The first-order valence-electron chi connectivity index (χ1n) is 7.76. The Balaban J connectivity index is 1.51. The molecule has 1 aliphatic rings. The van der Waals surface area contributed by atoms with Crippen LogP contribution in [0.1, 0.15) is 23.2 Å². The number of aromatic amines is 1. The van der Waals surface area contributed by atoms with Crippen LogP contribution in [0.25, 0.3) is 10.9 Å². The topological polar surface area (TPSA) is 27.8 Å². The third kappa shape index (κ3) is 2.47. The van der Waals surface area contributed by atoms with Gasteiger partial charge in [0.1, 0.15) is 0 Å². The van der Waals surface area contributed by atoms with Crippen LogP contribution in [0.15, 0.2) is 54.6 Å². The molecule has 3 aromatic rings. The summed E-state index contributed by atoms with van der Waals surface area (Å²) in [7, 11) is 0. The fourth-order valence-corrected chi connectivity index (χ4v) is 3.40. The van der Waals surface area contributed by atoms with Gasteiger partial charge in [0.15, 0.2) is 0 Å². The molecule has 1 heterocycles. The molecule has 0 spiro atoms. The van der Waals surface area contributed by atoms with Crippen molar-refractivity contribution in [3.63, 3.8) is 0 Å². The normalized spacial score (nSPS) is 17.8. The molecule has 2 N–H and O–H groups in total. The van der Waals surface area contributed by atoms with Gasteiger partial charge >= 0.3 is 0 Å². The molecule has 4 rings (SSSR count). The second kappa shape index (κ2) is 5.38. The SMILES string of the molecule is c1ccc(CNC2CCc3[nH]c4ccccc4c3C2)cc1. The number of aryl methyl sites for hydroxylation is 1. The largest absolute Gasteiger partial charge is 0.358 e. The zero-order valence-electron chi connectivity index (χ0n) is 12.1. The molecular weight excluding hydrogens is 256 g/mol. The lowest BCUT2D eigenvalue weighted by Gasteiger charge is -2.23. The molecule has 2 nitrogen and oxygen atoms in total. The van der Waals surface area contributed by atoms with Gasteiger partial charge in [0.25, 0.3) is 0 Å². The standard InChI is InChI=1S/C19H20N2/c1-2-6-14(7-3-1)13-20-15-10-11-19-17(12-15)16-8-4-5-9-18(16)21-19/h1-9,15,20-21H,10-13H2. The molecule has 0 saturated carbocycles. The summed E-state index contributed by atoms with van der Waals surface area (Å²) in [6, 6.07) is 19.9. The highest BCUT2D eigenvalue weighted by Gasteiger charge is 2.21. The van der Waals surface area contributed by atoms with Crippen LogP contribution < -0.4 is 5.32 Å². The monoisotopic (exact) mass is 276 g/mol. The lowest BCUT2D eigenvalue weighted by atomic mass is 9.91. The molecule has 106 valence electrons. The van der Waals surface area contributed by atoms with Crippen LogP contribution in [0, 0.1) is 0 Å². The number of hydrogen-bond donors (Lipinski definition) is 2. The zero-order chi connectivity index (χ0) is 14.1. The number of hydrogen-bond acceptors (Lipinski definition) is 1. The Morgan fingerprint density at radius 2 is 1.81 bits per heavy atom. The molecule has 21 heavy (non-hydrogen) atoms. The fourth-order valence-electron chi connectivity index (χ4n) is 3.40. The molecule has 0 radical (unpaired) electrons. The Labute approximate surface area is 125 Å². The minimum absolute atomic E-state index is 0.580. The molecule has 0 bridgehead atoms. The minimum Gasteiger partial charge on any atom is -0.358 e. The Morgan fingerprint density at radius 3 is 2.71 bits per heavy atom. The first-order chi connectivity index (χ1) is 10.4. The van der Waals surface area contributed by atoms with Gasteiger partial charge in [-0.1, -0.05) is 48.5 Å². The number of H-pyrrole nitrogens is 1. The van der Waals surface area contributed by atoms with Crippen molar-refractivity contribution in [2.24, 2.45) is 0 Å². The van der Waals surface area contributed by atoms with E-state index in [0.29, 0.717) is 6.04 Å². The number of fused-ring (bicyclic) bond motifs is 3. The third-order valence-corrected chi connectivity index (χ3v) is 4.53. The van der Waals surface area contributed by atoms with Crippen LogP contribution in [0.3, 0.4) is 0 Å². The van der Waals surface area contributed by atoms with Crippen molar-refractivity contribution in [3.8, 4) is 0 Å². The maximum Gasteiger partial charge on any atom is 0.0458 e. The second-order valence-corrected chi connectivity index (χ2v) is 5.93. The predicted octanol–water partition coefficient (Wildman–Crippen LogP) is 3.82. The van der Waals surface area contributed by atoms with Gasteiger partial charge in [0.05, 0.1) is 0 Å². The second-order valence-electron chi connectivity index (χ2n) is 5.93. The van der Waals surface area contributed by atoms with E-state index in [-0.39, 0.29) is 0 Å². The van der Waals surface area contributed by atoms with Crippen LogP contribution >= 0.6 is 0 Å². The molecule has 0 aliphatic heterocycles. The molecule has 1 atom stereocenters. The van der Waals surface area contributed by atoms with E-state index >= 15 is 0 Å². The molecule has 1 unspecified atom stereocenters. The molecule has 1 aliphatic carbocycles. The highest BCUT2D eigenvalue weighted by Crippen LogP contribution is 2.29. The number of nitrogens with one attached hydrogen (secondary N) is 2. The van der Waals surface area contributed by atoms with E-state index in [4.69, 9.17) is 0 Å². The quantitative estimate of drug-likeness (QED) is 0.748. The Kier molecular flexibility index (Phi) is 3.24. The van der Waals surface area contributed by atoms with Crippen molar-refractivity contribution in [1.29, 1.82) is 0 Å². The Morgan fingerprint density at radius 1 is 1.00 bits per heavy atom. The summed E-state index contributed by atoms with van der Waals surface area (Å²) in [6.07, 6.45) is 3.50. The molecule has 1 aromatic heterocycles. The Bertz CT molecular complexity index is 743. The number of benzene rings is 2. The number of aromatic nitrogens is 1. The maximum absolute atomic E-state index is 3.72. The lowest BCUT2D eigenvalue weighted by Crippen LogP contribution is -2.33. The van der Waals surface area contributed by atoms with E-state index < -0.39 is 0 Å². The van der Waals surface area contributed by atoms with E-state index in [2.05, 4.69) is 64.9 Å². The minimum atomic E-state index is 0.580. The van der Waals surface area contributed by atoms with Gasteiger partial charge < -0.3 is 10.3 Å². The zero-order valence-corrected chi connectivity index (χ0v) is 12.1. The summed E-state index contributed by atoms with van der Waals surface area (Å²) in [5.74, 6) is 0. The first-order valence-corrected chi connectivity index (χ1v) is 7.76. The predicted molar refractivity (Wildman–Crippen MR) is 87.4 cm³/mol. The molecule has 0 saturated heterocycles. The summed E-state index contributed by atoms with van der Waals surface area (Å²) in [5, 5.41) is 5.12. The summed E-state index contributed by atoms with van der Waals surface area (Å²) in [5.41, 5.74) is 5.60. The van der Waals surface area contributed by atoms with Crippen LogP contribution in [0.4, 0.5) is 0 Å². The van der Waals surface area contributed by atoms with Gasteiger partial charge in [-0.25, -0.2) is 0 Å². The summed E-state index contributed by atoms with van der Waals surface area (Å²) in [4.78, 5) is 3.58. The summed E-state index contributed by atoms with van der Waals surface area (Å²) in [6.45, 7) is 0.962. The van der Waals surface area contributed by atoms with Crippen molar-refractivity contribution < 1.29 is 0 Å². The van der Waals surface area contributed by atoms with Crippen LogP contribution in [0.2, 0.25) is 0 Å². The van der Waals surface area contributed by atoms with Crippen molar-refractivity contribution in [3.05, 3.63) is 71.4 Å². The average molecular weight is 276 g/mol. The maximum atomic E-state index is 3.72. The van der Waals surface area contributed by atoms with Crippen LogP contribution in [-0.2, 0) is 19.4 Å². The van der Waals surface area contributed by atoms with Gasteiger partial charge in [-0.2, -0.15) is 0 Å². The molecular formula is C19H20N2. The van der Waals surface area contributed by atoms with E-state index in [1.54, 1.807) is 0 Å². The van der Waals surface area contributed by atoms with Gasteiger partial charge in [-0.3, -0.25) is 0 Å². The van der Waals surface area contributed by atoms with Crippen molar-refractivity contribution >= 4 is 10.9 Å². The van der Waals surface area contributed by atoms with Gasteiger partial charge in [0.2, 0.25) is 0 Å². The van der Waals surface area contributed by atoms with E-state index in [1.165, 1.54) is 34.1 Å². The van der Waals surface area contributed by atoms with Gasteiger partial charge in [-0.05, 0) is 36.5 Å². The highest BCUT2D eigenvalue weighted by molar-refractivity contribution is 5.84. The third-order valence-electron chi connectivity index (χ3n) is 4.53. The van der Waals surface area contributed by atoms with Gasteiger partial charge in [0, 0.05) is 29.2 Å². The first kappa shape index (κ1) is 12.7. The van der Waals surface area contributed by atoms with Gasteiger partial charge in [-0.15, -0.1) is 0 Å². The summed E-state index contributed by atoms with van der Waals surface area (Å²) >= 11 is 0. The van der Waals surface area contributed by atoms with Crippen LogP contribution in [-0.4, -0.2) is 11.0 Å². The molecule has 0 fully saturated rings. The molecule has 2 heteroatoms. The van der Waals surface area contributed by atoms with E-state index in [1.807, 2.05) is 0 Å². The van der Waals surface area contributed by atoms with Crippen LogP contribution in [0.5, 0.6) is 0 Å². The number of para-hydroxylation sites is 1.